The zero-order chi connectivity index (χ0) is 6.85. The number of halogens is 1. The van der Waals surface area contributed by atoms with Crippen LogP contribution in [0.1, 0.15) is 26.2 Å². The van der Waals surface area contributed by atoms with Crippen molar-refractivity contribution in [2.75, 3.05) is 0 Å². The van der Waals surface area contributed by atoms with Gasteiger partial charge >= 0.3 is 0 Å². The van der Waals surface area contributed by atoms with Gasteiger partial charge in [0.1, 0.15) is 0 Å². The molecule has 0 aromatic carbocycles. The summed E-state index contributed by atoms with van der Waals surface area (Å²) in [5.41, 5.74) is 5.78. The molecule has 0 spiro atoms. The van der Waals surface area contributed by atoms with Crippen LogP contribution >= 0.6 is 22.6 Å². The predicted molar refractivity (Wildman–Crippen MR) is 48.8 cm³/mol. The van der Waals surface area contributed by atoms with Gasteiger partial charge in [-0.05, 0) is 25.2 Å². The molecular weight excluding hydrogens is 225 g/mol. The number of hydrogen-bond acceptors (Lipinski definition) is 1. The maximum Gasteiger partial charge on any atom is 0.0136 e. The molecule has 2 heteroatoms. The molecule has 1 aliphatic rings. The molecule has 3 atom stereocenters. The molecule has 0 bridgehead atoms. The van der Waals surface area contributed by atoms with E-state index in [4.69, 9.17) is 5.73 Å². The van der Waals surface area contributed by atoms with Crippen LogP contribution in [0.25, 0.3) is 0 Å². The fraction of sp³-hybridized carbons (Fsp3) is 1.00. The summed E-state index contributed by atoms with van der Waals surface area (Å²) in [4.78, 5) is 0. The van der Waals surface area contributed by atoms with Crippen molar-refractivity contribution in [1.82, 2.24) is 0 Å². The van der Waals surface area contributed by atoms with E-state index in [0.29, 0.717) is 6.04 Å². The topological polar surface area (TPSA) is 26.0 Å². The average Bonchev–Trinajstić information content (AvgIpc) is 1.80. The fourth-order valence-electron chi connectivity index (χ4n) is 1.40. The summed E-state index contributed by atoms with van der Waals surface area (Å²) in [6, 6.07) is 0.492. The van der Waals surface area contributed by atoms with E-state index in [2.05, 4.69) is 29.5 Å². The summed E-state index contributed by atoms with van der Waals surface area (Å²) >= 11 is 2.54. The zero-order valence-electron chi connectivity index (χ0n) is 5.81. The second-order valence-corrected chi connectivity index (χ2v) is 4.67. The lowest BCUT2D eigenvalue weighted by Crippen LogP contribution is -2.32. The summed E-state index contributed by atoms with van der Waals surface area (Å²) in [5, 5.41) is 0. The first-order valence-corrected chi connectivity index (χ1v) is 4.84. The normalized spacial score (nSPS) is 45.0. The van der Waals surface area contributed by atoms with Gasteiger partial charge in [0.15, 0.2) is 0 Å². The molecule has 1 rings (SSSR count). The van der Waals surface area contributed by atoms with Crippen LogP contribution in [0.2, 0.25) is 0 Å². The Morgan fingerprint density at radius 3 is 2.56 bits per heavy atom. The smallest absolute Gasteiger partial charge is 0.0136 e. The molecule has 3 unspecified atom stereocenters. The van der Waals surface area contributed by atoms with Crippen LogP contribution in [0.15, 0.2) is 0 Å². The van der Waals surface area contributed by atoms with Crippen molar-refractivity contribution in [3.05, 3.63) is 0 Å². The van der Waals surface area contributed by atoms with Gasteiger partial charge < -0.3 is 5.73 Å². The van der Waals surface area contributed by atoms with E-state index in [9.17, 15) is 0 Å². The second-order valence-electron chi connectivity index (χ2n) is 3.07. The van der Waals surface area contributed by atoms with Crippen molar-refractivity contribution in [1.29, 1.82) is 0 Å². The summed E-state index contributed by atoms with van der Waals surface area (Å²) in [6.07, 6.45) is 3.79. The van der Waals surface area contributed by atoms with Gasteiger partial charge in [0.05, 0.1) is 0 Å². The molecule has 0 saturated heterocycles. The van der Waals surface area contributed by atoms with Gasteiger partial charge in [-0.1, -0.05) is 29.5 Å². The standard InChI is InChI=1S/C7H14IN/c1-5-4-6(9)2-3-7(5)8/h5-7H,2-4,9H2,1H3. The molecule has 0 aromatic heterocycles. The summed E-state index contributed by atoms with van der Waals surface area (Å²) in [5.74, 6) is 0.842. The summed E-state index contributed by atoms with van der Waals surface area (Å²) in [6.45, 7) is 2.30. The van der Waals surface area contributed by atoms with Crippen LogP contribution in [0.5, 0.6) is 0 Å². The van der Waals surface area contributed by atoms with Gasteiger partial charge in [0.25, 0.3) is 0 Å². The van der Waals surface area contributed by atoms with Gasteiger partial charge in [-0.3, -0.25) is 0 Å². The zero-order valence-corrected chi connectivity index (χ0v) is 7.97. The lowest BCUT2D eigenvalue weighted by Gasteiger charge is -2.28. The van der Waals surface area contributed by atoms with Crippen molar-refractivity contribution >= 4 is 22.6 Å². The molecule has 2 N–H and O–H groups in total. The molecule has 0 radical (unpaired) electrons. The Morgan fingerprint density at radius 2 is 2.11 bits per heavy atom. The first kappa shape index (κ1) is 7.79. The van der Waals surface area contributed by atoms with Crippen LogP contribution in [-0.2, 0) is 0 Å². The molecule has 0 aromatic rings. The summed E-state index contributed by atoms with van der Waals surface area (Å²) in [7, 11) is 0. The Kier molecular flexibility index (Phi) is 2.76. The van der Waals surface area contributed by atoms with Crippen LogP contribution in [0.3, 0.4) is 0 Å². The second kappa shape index (κ2) is 3.19. The van der Waals surface area contributed by atoms with Gasteiger partial charge in [-0.2, -0.15) is 0 Å². The lowest BCUT2D eigenvalue weighted by molar-refractivity contribution is 0.364. The number of hydrogen-bond donors (Lipinski definition) is 1. The Balaban J connectivity index is 2.35. The highest BCUT2D eigenvalue weighted by molar-refractivity contribution is 14.1. The van der Waals surface area contributed by atoms with Gasteiger partial charge in [0, 0.05) is 9.97 Å². The number of rotatable bonds is 0. The Bertz CT molecular complexity index is 94.9. The van der Waals surface area contributed by atoms with Crippen LogP contribution < -0.4 is 5.73 Å². The molecule has 1 saturated carbocycles. The predicted octanol–water partition coefficient (Wildman–Crippen LogP) is 1.94. The fourth-order valence-corrected chi connectivity index (χ4v) is 2.05. The van der Waals surface area contributed by atoms with Crippen LogP contribution in [-0.4, -0.2) is 9.97 Å². The minimum atomic E-state index is 0.492. The highest BCUT2D eigenvalue weighted by Crippen LogP contribution is 2.28. The Labute approximate surface area is 70.5 Å². The molecule has 9 heavy (non-hydrogen) atoms. The van der Waals surface area contributed by atoms with E-state index >= 15 is 0 Å². The third-order valence-electron chi connectivity index (χ3n) is 2.11. The first-order valence-electron chi connectivity index (χ1n) is 3.60. The van der Waals surface area contributed by atoms with Crippen molar-refractivity contribution in [3.63, 3.8) is 0 Å². The monoisotopic (exact) mass is 239 g/mol. The quantitative estimate of drug-likeness (QED) is 0.507. The van der Waals surface area contributed by atoms with Crippen LogP contribution in [0.4, 0.5) is 0 Å². The molecule has 1 nitrogen and oxygen atoms in total. The van der Waals surface area contributed by atoms with E-state index in [-0.39, 0.29) is 0 Å². The Morgan fingerprint density at radius 1 is 1.44 bits per heavy atom. The molecule has 54 valence electrons. The van der Waals surface area contributed by atoms with Crippen molar-refractivity contribution in [3.8, 4) is 0 Å². The van der Waals surface area contributed by atoms with Crippen LogP contribution in [0, 0.1) is 5.92 Å². The van der Waals surface area contributed by atoms with Crippen molar-refractivity contribution in [2.24, 2.45) is 11.7 Å². The van der Waals surface area contributed by atoms with Gasteiger partial charge in [-0.25, -0.2) is 0 Å². The van der Waals surface area contributed by atoms with E-state index in [1.54, 1.807) is 0 Å². The SMILES string of the molecule is CC1CC(N)CCC1I. The van der Waals surface area contributed by atoms with Gasteiger partial charge in [0.2, 0.25) is 0 Å². The molecule has 1 aliphatic carbocycles. The average molecular weight is 239 g/mol. The number of alkyl halides is 1. The molecule has 1 fully saturated rings. The van der Waals surface area contributed by atoms with Crippen molar-refractivity contribution < 1.29 is 0 Å². The van der Waals surface area contributed by atoms with Crippen molar-refractivity contribution in [2.45, 2.75) is 36.2 Å². The maximum absolute atomic E-state index is 5.78. The molecule has 0 heterocycles. The highest BCUT2D eigenvalue weighted by atomic mass is 127. The minimum Gasteiger partial charge on any atom is -0.328 e. The molecular formula is C7H14IN. The van der Waals surface area contributed by atoms with E-state index < -0.39 is 0 Å². The van der Waals surface area contributed by atoms with Gasteiger partial charge in [-0.15, -0.1) is 0 Å². The van der Waals surface area contributed by atoms with E-state index in [1.165, 1.54) is 19.3 Å². The molecule has 0 aliphatic heterocycles. The maximum atomic E-state index is 5.78. The third-order valence-corrected chi connectivity index (χ3v) is 3.96. The first-order chi connectivity index (χ1) is 4.20. The highest BCUT2D eigenvalue weighted by Gasteiger charge is 2.22. The number of nitrogens with two attached hydrogens (primary N) is 1. The minimum absolute atomic E-state index is 0.492. The van der Waals surface area contributed by atoms with E-state index in [1.807, 2.05) is 0 Å². The van der Waals surface area contributed by atoms with E-state index in [0.717, 1.165) is 9.84 Å². The third kappa shape index (κ3) is 2.08. The largest absolute Gasteiger partial charge is 0.328 e. The lowest BCUT2D eigenvalue weighted by atomic mass is 9.88. The summed E-state index contributed by atoms with van der Waals surface area (Å²) < 4.78 is 0.877. The Hall–Kier alpha value is 0.690. The molecule has 0 amide bonds.